The first-order valence-electron chi connectivity index (χ1n) is 6.49. The van der Waals surface area contributed by atoms with Crippen LogP contribution in [0.2, 0.25) is 0 Å². The Bertz CT molecular complexity index is 469. The van der Waals surface area contributed by atoms with Crippen molar-refractivity contribution in [3.63, 3.8) is 0 Å². The van der Waals surface area contributed by atoms with Gasteiger partial charge in [0.05, 0.1) is 11.1 Å². The molecule has 1 aliphatic carbocycles. The van der Waals surface area contributed by atoms with Crippen molar-refractivity contribution in [2.45, 2.75) is 30.0 Å². The summed E-state index contributed by atoms with van der Waals surface area (Å²) in [6.45, 7) is 0.693. The first-order valence-corrected chi connectivity index (χ1v) is 8.29. The summed E-state index contributed by atoms with van der Waals surface area (Å²) in [5.41, 5.74) is 0. The average molecular weight is 318 g/mol. The number of nitrogens with zero attached hydrogens (tertiary/aromatic N) is 2. The summed E-state index contributed by atoms with van der Waals surface area (Å²) < 4.78 is 24.5. The van der Waals surface area contributed by atoms with Crippen molar-refractivity contribution in [2.75, 3.05) is 12.4 Å². The normalized spacial score (nSPS) is 15.3. The summed E-state index contributed by atoms with van der Waals surface area (Å²) in [6.07, 6.45) is 6.80. The van der Waals surface area contributed by atoms with E-state index in [1.807, 2.05) is 0 Å². The van der Waals surface area contributed by atoms with Crippen LogP contribution in [0.1, 0.15) is 30.6 Å². The maximum absolute atomic E-state index is 11.8. The molecule has 0 bridgehead atoms. The molecule has 0 saturated heterocycles. The van der Waals surface area contributed by atoms with E-state index >= 15 is 0 Å². The molecule has 1 aliphatic rings. The quantitative estimate of drug-likeness (QED) is 0.305. The van der Waals surface area contributed by atoms with Crippen molar-refractivity contribution >= 4 is 29.3 Å². The van der Waals surface area contributed by atoms with E-state index in [1.165, 1.54) is 42.4 Å². The number of thioether (sulfide) groups is 1. The van der Waals surface area contributed by atoms with Gasteiger partial charge in [-0.05, 0) is 31.3 Å². The van der Waals surface area contributed by atoms with Crippen LogP contribution in [0.15, 0.2) is 27.8 Å². The molecular weight excluding hydrogens is 302 g/mol. The van der Waals surface area contributed by atoms with E-state index in [9.17, 15) is 8.78 Å². The molecule has 0 N–H and O–H groups in total. The Labute approximate surface area is 125 Å². The van der Waals surface area contributed by atoms with Gasteiger partial charge < -0.3 is 4.84 Å². The van der Waals surface area contributed by atoms with Gasteiger partial charge in [0.25, 0.3) is 6.08 Å². The molecule has 2 rings (SSSR count). The second kappa shape index (κ2) is 8.36. The van der Waals surface area contributed by atoms with E-state index in [0.29, 0.717) is 24.7 Å². The zero-order chi connectivity index (χ0) is 14.2. The van der Waals surface area contributed by atoms with E-state index in [-0.39, 0.29) is 0 Å². The Morgan fingerprint density at radius 3 is 3.10 bits per heavy atom. The molecule has 0 radical (unpaired) electrons. The van der Waals surface area contributed by atoms with Crippen LogP contribution in [-0.4, -0.2) is 23.6 Å². The molecule has 1 aromatic heterocycles. The van der Waals surface area contributed by atoms with E-state index < -0.39 is 6.08 Å². The Morgan fingerprint density at radius 1 is 1.55 bits per heavy atom. The predicted molar refractivity (Wildman–Crippen MR) is 78.6 cm³/mol. The van der Waals surface area contributed by atoms with Crippen LogP contribution in [0, 0.1) is 5.92 Å². The topological polar surface area (TPSA) is 34.5 Å². The minimum absolute atomic E-state index is 0.348. The largest absolute Gasteiger partial charge is 0.395 e. The fraction of sp³-hybridized carbons (Fsp3) is 0.538. The summed E-state index contributed by atoms with van der Waals surface area (Å²) in [4.78, 5) is 10.3. The number of halogens is 2. The lowest BCUT2D eigenvalue weighted by Gasteiger charge is -2.23. The molecular formula is C13H16F2N2OS2. The van der Waals surface area contributed by atoms with Crippen molar-refractivity contribution in [3.8, 4) is 0 Å². The highest BCUT2D eigenvalue weighted by Crippen LogP contribution is 2.26. The van der Waals surface area contributed by atoms with Gasteiger partial charge in [-0.25, -0.2) is 4.98 Å². The van der Waals surface area contributed by atoms with Crippen molar-refractivity contribution in [2.24, 2.45) is 11.1 Å². The Hall–Kier alpha value is -0.950. The third-order valence-electron chi connectivity index (χ3n) is 2.93. The third-order valence-corrected chi connectivity index (χ3v) is 5.06. The highest BCUT2D eigenvalue weighted by atomic mass is 32.2. The van der Waals surface area contributed by atoms with Crippen molar-refractivity contribution in [1.82, 2.24) is 4.98 Å². The summed E-state index contributed by atoms with van der Waals surface area (Å²) in [5.74, 6) is 1.27. The Morgan fingerprint density at radius 2 is 2.40 bits per heavy atom. The second-order valence-corrected chi connectivity index (χ2v) is 6.89. The summed E-state index contributed by atoms with van der Waals surface area (Å²) in [6, 6.07) is 0. The molecule has 7 heteroatoms. The fourth-order valence-electron chi connectivity index (χ4n) is 1.61. The van der Waals surface area contributed by atoms with Crippen LogP contribution in [0.3, 0.4) is 0 Å². The van der Waals surface area contributed by atoms with Crippen molar-refractivity contribution in [1.29, 1.82) is 0 Å². The van der Waals surface area contributed by atoms with E-state index in [1.54, 1.807) is 12.4 Å². The maximum Gasteiger partial charge on any atom is 0.266 e. The van der Waals surface area contributed by atoms with E-state index in [0.717, 1.165) is 15.3 Å². The molecule has 3 nitrogen and oxygen atoms in total. The lowest BCUT2D eigenvalue weighted by Crippen LogP contribution is -2.16. The zero-order valence-electron chi connectivity index (χ0n) is 10.9. The van der Waals surface area contributed by atoms with Gasteiger partial charge in [-0.15, -0.1) is 11.3 Å². The van der Waals surface area contributed by atoms with Gasteiger partial charge in [0.2, 0.25) is 0 Å². The lowest BCUT2D eigenvalue weighted by molar-refractivity contribution is 0.0768. The summed E-state index contributed by atoms with van der Waals surface area (Å²) >= 11 is 2.95. The molecule has 20 heavy (non-hydrogen) atoms. The Balaban J connectivity index is 1.65. The molecule has 0 spiro atoms. The number of oxime groups is 1. The zero-order valence-corrected chi connectivity index (χ0v) is 12.6. The number of hydrogen-bond acceptors (Lipinski definition) is 5. The van der Waals surface area contributed by atoms with Gasteiger partial charge in [0, 0.05) is 11.9 Å². The molecule has 1 aromatic rings. The van der Waals surface area contributed by atoms with Gasteiger partial charge in [0.1, 0.15) is 10.9 Å². The van der Waals surface area contributed by atoms with Crippen molar-refractivity contribution < 1.29 is 13.6 Å². The van der Waals surface area contributed by atoms with Gasteiger partial charge >= 0.3 is 0 Å². The number of rotatable bonds is 8. The molecule has 0 aromatic carbocycles. The molecule has 110 valence electrons. The van der Waals surface area contributed by atoms with Gasteiger partial charge in [-0.2, -0.15) is 8.78 Å². The van der Waals surface area contributed by atoms with Crippen LogP contribution in [-0.2, 0) is 4.84 Å². The molecule has 0 aliphatic heterocycles. The SMILES string of the molecule is FC(F)=CCCSc1ncc(C=NOCC2CCC2)s1. The highest BCUT2D eigenvalue weighted by Gasteiger charge is 2.17. The van der Waals surface area contributed by atoms with Crippen LogP contribution < -0.4 is 0 Å². The van der Waals surface area contributed by atoms with Crippen LogP contribution in [0.25, 0.3) is 0 Å². The summed E-state index contributed by atoms with van der Waals surface area (Å²) in [5, 5.41) is 3.92. The molecule has 0 atom stereocenters. The minimum Gasteiger partial charge on any atom is -0.395 e. The third kappa shape index (κ3) is 5.58. The van der Waals surface area contributed by atoms with Crippen LogP contribution in [0.5, 0.6) is 0 Å². The number of hydrogen-bond donors (Lipinski definition) is 0. The number of thiazole rings is 1. The molecule has 1 saturated carbocycles. The second-order valence-electron chi connectivity index (χ2n) is 4.49. The smallest absolute Gasteiger partial charge is 0.266 e. The van der Waals surface area contributed by atoms with Gasteiger partial charge in [-0.3, -0.25) is 0 Å². The monoisotopic (exact) mass is 318 g/mol. The van der Waals surface area contributed by atoms with E-state index in [2.05, 4.69) is 10.1 Å². The fourth-order valence-corrected chi connectivity index (χ4v) is 3.43. The van der Waals surface area contributed by atoms with Crippen LogP contribution in [0.4, 0.5) is 8.78 Å². The first-order chi connectivity index (χ1) is 9.74. The molecule has 0 amide bonds. The average Bonchev–Trinajstić information content (AvgIpc) is 2.80. The molecule has 1 fully saturated rings. The number of allylic oxidation sites excluding steroid dienone is 1. The van der Waals surface area contributed by atoms with Crippen LogP contribution >= 0.6 is 23.1 Å². The highest BCUT2D eigenvalue weighted by molar-refractivity contribution is 8.01. The first kappa shape index (κ1) is 15.4. The lowest BCUT2D eigenvalue weighted by atomic mass is 9.86. The van der Waals surface area contributed by atoms with Gasteiger partial charge in [0.15, 0.2) is 0 Å². The predicted octanol–water partition coefficient (Wildman–Crippen LogP) is 4.56. The standard InChI is InChI=1S/C13H16F2N2OS2/c14-12(15)5-2-6-19-13-16-7-11(20-13)8-17-18-9-10-3-1-4-10/h5,7-8,10H,1-4,6,9H2. The molecule has 0 unspecified atom stereocenters. The minimum atomic E-state index is -1.62. The number of aromatic nitrogens is 1. The molecule has 1 heterocycles. The van der Waals surface area contributed by atoms with Gasteiger partial charge in [-0.1, -0.05) is 23.3 Å². The summed E-state index contributed by atoms with van der Waals surface area (Å²) in [7, 11) is 0. The van der Waals surface area contributed by atoms with Crippen molar-refractivity contribution in [3.05, 3.63) is 23.2 Å². The van der Waals surface area contributed by atoms with E-state index in [4.69, 9.17) is 4.84 Å². The Kier molecular flexibility index (Phi) is 6.46. The maximum atomic E-state index is 11.8.